The predicted octanol–water partition coefficient (Wildman–Crippen LogP) is 3.57. The lowest BCUT2D eigenvalue weighted by atomic mass is 9.94. The quantitative estimate of drug-likeness (QED) is 0.687. The number of aromatic nitrogens is 2. The van der Waals surface area contributed by atoms with Crippen molar-refractivity contribution < 1.29 is 4.79 Å². The zero-order valence-corrected chi connectivity index (χ0v) is 17.6. The summed E-state index contributed by atoms with van der Waals surface area (Å²) >= 11 is 0. The van der Waals surface area contributed by atoms with Gasteiger partial charge in [0.1, 0.15) is 11.6 Å². The first kappa shape index (κ1) is 21.2. The first-order chi connectivity index (χ1) is 14.4. The Morgan fingerprint density at radius 3 is 2.90 bits per heavy atom. The molecule has 2 aromatic rings. The Morgan fingerprint density at radius 2 is 2.27 bits per heavy atom. The molecule has 0 aromatic carbocycles. The second-order valence-corrected chi connectivity index (χ2v) is 7.55. The molecule has 0 saturated heterocycles. The fourth-order valence-electron chi connectivity index (χ4n) is 3.64. The third-order valence-electron chi connectivity index (χ3n) is 5.59. The van der Waals surface area contributed by atoms with Crippen LogP contribution in [0.3, 0.4) is 0 Å². The van der Waals surface area contributed by atoms with Crippen molar-refractivity contribution in [3.05, 3.63) is 46.5 Å². The lowest BCUT2D eigenvalue weighted by Gasteiger charge is -2.17. The van der Waals surface area contributed by atoms with Crippen molar-refractivity contribution >= 4 is 24.5 Å². The van der Waals surface area contributed by atoms with Crippen LogP contribution in [0, 0.1) is 37.0 Å². The van der Waals surface area contributed by atoms with Crippen LogP contribution in [-0.4, -0.2) is 22.6 Å². The van der Waals surface area contributed by atoms with E-state index < -0.39 is 0 Å². The first-order valence-electron chi connectivity index (χ1n) is 9.97. The van der Waals surface area contributed by atoms with Crippen LogP contribution in [0.15, 0.2) is 29.3 Å². The maximum atomic E-state index is 12.5. The van der Waals surface area contributed by atoms with Gasteiger partial charge in [-0.1, -0.05) is 6.92 Å². The molecule has 0 spiro atoms. The molecule has 154 valence electrons. The number of nitrogens with one attached hydrogen (secondary N) is 1. The van der Waals surface area contributed by atoms with Gasteiger partial charge in [-0.05, 0) is 73.7 Å². The second kappa shape index (κ2) is 8.87. The molecule has 1 aliphatic carbocycles. The Kier molecular flexibility index (Phi) is 6.26. The summed E-state index contributed by atoms with van der Waals surface area (Å²) in [5.74, 6) is 0.640. The number of nitriles is 1. The lowest BCUT2D eigenvalue weighted by Crippen LogP contribution is -2.24. The molecule has 2 atom stereocenters. The molecule has 2 aromatic heterocycles. The molecule has 0 aliphatic heterocycles. The van der Waals surface area contributed by atoms with Crippen molar-refractivity contribution in [3.8, 4) is 17.3 Å². The van der Waals surface area contributed by atoms with E-state index in [1.54, 1.807) is 18.5 Å². The van der Waals surface area contributed by atoms with Crippen molar-refractivity contribution in [2.24, 2.45) is 16.8 Å². The number of carbonyl (C=O) groups is 1. The van der Waals surface area contributed by atoms with E-state index in [2.05, 4.69) is 40.0 Å². The van der Waals surface area contributed by atoms with Gasteiger partial charge >= 0.3 is 0 Å². The Bertz CT molecular complexity index is 1070. The zero-order chi connectivity index (χ0) is 21.8. The van der Waals surface area contributed by atoms with Gasteiger partial charge < -0.3 is 11.1 Å². The summed E-state index contributed by atoms with van der Waals surface area (Å²) < 4.78 is 0. The van der Waals surface area contributed by atoms with Crippen molar-refractivity contribution in [3.63, 3.8) is 0 Å². The lowest BCUT2D eigenvalue weighted by molar-refractivity contribution is -0.121. The van der Waals surface area contributed by atoms with Crippen molar-refractivity contribution in [2.75, 3.05) is 5.73 Å². The van der Waals surface area contributed by atoms with Crippen LogP contribution in [-0.2, 0) is 11.2 Å². The minimum absolute atomic E-state index is 0.130. The number of aliphatic imine (C=N–C) groups is 1. The number of anilines is 1. The number of nitrogens with two attached hydrogens (primary N) is 1. The zero-order valence-electron chi connectivity index (χ0n) is 17.6. The molecule has 0 unspecified atom stereocenters. The average Bonchev–Trinajstić information content (AvgIpc) is 3.50. The number of hydrogen-bond acceptors (Lipinski definition) is 6. The second-order valence-electron chi connectivity index (χ2n) is 7.55. The summed E-state index contributed by atoms with van der Waals surface area (Å²) in [7, 11) is 0. The average molecular weight is 403 g/mol. The summed E-state index contributed by atoms with van der Waals surface area (Å²) in [6.07, 6.45) is 7.18. The number of rotatable bonds is 7. The molecule has 3 rings (SSSR count). The van der Waals surface area contributed by atoms with Gasteiger partial charge in [-0.3, -0.25) is 9.78 Å². The van der Waals surface area contributed by atoms with Crippen molar-refractivity contribution in [2.45, 2.75) is 40.0 Å². The van der Waals surface area contributed by atoms with E-state index in [0.29, 0.717) is 18.1 Å². The largest absolute Gasteiger partial charge is 0.383 e. The highest BCUT2D eigenvalue weighted by atomic mass is 16.2. The third kappa shape index (κ3) is 4.23. The van der Waals surface area contributed by atoms with Gasteiger partial charge in [0.2, 0.25) is 5.91 Å². The van der Waals surface area contributed by atoms with Crippen LogP contribution in [0.25, 0.3) is 17.3 Å². The minimum atomic E-state index is -0.141. The molecular weight excluding hydrogens is 376 g/mol. The van der Waals surface area contributed by atoms with Crippen LogP contribution in [0.1, 0.15) is 42.0 Å². The molecule has 1 amide bonds. The molecule has 1 fully saturated rings. The summed E-state index contributed by atoms with van der Waals surface area (Å²) in [5, 5.41) is 11.7. The van der Waals surface area contributed by atoms with Crippen LogP contribution in [0.2, 0.25) is 0 Å². The van der Waals surface area contributed by atoms with Gasteiger partial charge in [-0.15, -0.1) is 0 Å². The van der Waals surface area contributed by atoms with E-state index in [-0.39, 0.29) is 17.7 Å². The van der Waals surface area contributed by atoms with E-state index in [4.69, 9.17) is 11.0 Å². The van der Waals surface area contributed by atoms with E-state index in [0.717, 1.165) is 46.4 Å². The molecule has 3 N–H and O–H groups in total. The van der Waals surface area contributed by atoms with Crippen LogP contribution in [0.4, 0.5) is 5.82 Å². The maximum Gasteiger partial charge on any atom is 0.228 e. The van der Waals surface area contributed by atoms with E-state index in [1.807, 2.05) is 19.9 Å². The van der Waals surface area contributed by atoms with E-state index in [1.165, 1.54) is 0 Å². The smallest absolute Gasteiger partial charge is 0.228 e. The third-order valence-corrected chi connectivity index (χ3v) is 5.59. The molecule has 7 heteroatoms. The molecule has 7 nitrogen and oxygen atoms in total. The van der Waals surface area contributed by atoms with Gasteiger partial charge in [0.05, 0.1) is 11.8 Å². The summed E-state index contributed by atoms with van der Waals surface area (Å²) in [6.45, 7) is 9.57. The van der Waals surface area contributed by atoms with Gasteiger partial charge in [-0.2, -0.15) is 5.26 Å². The SMILES string of the molecule is C=N/C(=C\c1c(C)c(N)nc(-c2cnccc2C)c1CC)NC(=O)[C@H]1C[C@@H]1CC#N. The van der Waals surface area contributed by atoms with Crippen LogP contribution >= 0.6 is 0 Å². The molecule has 0 bridgehead atoms. The summed E-state index contributed by atoms with van der Waals surface area (Å²) in [6, 6.07) is 4.06. The van der Waals surface area contributed by atoms with Crippen molar-refractivity contribution in [1.29, 1.82) is 5.26 Å². The number of aryl methyl sites for hydroxylation is 1. The highest BCUT2D eigenvalue weighted by Crippen LogP contribution is 2.41. The fourth-order valence-corrected chi connectivity index (χ4v) is 3.64. The predicted molar refractivity (Wildman–Crippen MR) is 118 cm³/mol. The Labute approximate surface area is 176 Å². The first-order valence-corrected chi connectivity index (χ1v) is 9.97. The highest BCUT2D eigenvalue weighted by Gasteiger charge is 2.42. The number of nitrogens with zero attached hydrogens (tertiary/aromatic N) is 4. The number of nitrogen functional groups attached to an aromatic ring is 1. The van der Waals surface area contributed by atoms with Gasteiger partial charge in [-0.25, -0.2) is 9.98 Å². The molecule has 1 saturated carbocycles. The molecule has 2 heterocycles. The Hall–Kier alpha value is -3.53. The van der Waals surface area contributed by atoms with Gasteiger partial charge in [0.25, 0.3) is 0 Å². The van der Waals surface area contributed by atoms with Crippen LogP contribution in [0.5, 0.6) is 0 Å². The topological polar surface area (TPSA) is 117 Å². The summed E-state index contributed by atoms with van der Waals surface area (Å²) in [5.41, 5.74) is 11.7. The maximum absolute atomic E-state index is 12.5. The number of amides is 1. The monoisotopic (exact) mass is 402 g/mol. The van der Waals surface area contributed by atoms with E-state index >= 15 is 0 Å². The van der Waals surface area contributed by atoms with Gasteiger partial charge in [0, 0.05) is 30.3 Å². The number of carbonyl (C=O) groups excluding carboxylic acids is 1. The molecule has 30 heavy (non-hydrogen) atoms. The van der Waals surface area contributed by atoms with Gasteiger partial charge in [0.15, 0.2) is 0 Å². The molecule has 0 radical (unpaired) electrons. The normalized spacial score (nSPS) is 17.9. The fraction of sp³-hybridized carbons (Fsp3) is 0.348. The van der Waals surface area contributed by atoms with E-state index in [9.17, 15) is 4.79 Å². The Morgan fingerprint density at radius 1 is 1.50 bits per heavy atom. The molecule has 1 aliphatic rings. The standard InChI is InChI=1S/C23H26N6O/c1-5-16-17(11-20(26-4)28-23(30)18-10-15(18)6-8-24)14(3)22(25)29-21(16)19-12-27-9-7-13(19)2/h7,9,11-12,15,18H,4-6,10H2,1-3H3,(H2,25,29)(H,28,30)/b20-11+/t15-,18-/m0/s1. The van der Waals surface area contributed by atoms with Crippen molar-refractivity contribution in [1.82, 2.24) is 15.3 Å². The molecular formula is C23H26N6O. The number of pyridine rings is 2. The number of hydrogen-bond donors (Lipinski definition) is 2. The highest BCUT2D eigenvalue weighted by molar-refractivity contribution is 5.85. The van der Waals surface area contributed by atoms with Crippen LogP contribution < -0.4 is 11.1 Å². The Balaban J connectivity index is 2.02. The minimum Gasteiger partial charge on any atom is -0.383 e. The summed E-state index contributed by atoms with van der Waals surface area (Å²) in [4.78, 5) is 25.4.